The van der Waals surface area contributed by atoms with Gasteiger partial charge in [-0.2, -0.15) is 0 Å². The van der Waals surface area contributed by atoms with E-state index >= 15 is 0 Å². The Hall–Kier alpha value is -4.64. The highest BCUT2D eigenvalue weighted by Gasteiger charge is 2.71. The molecule has 2 heterocycles. The first-order valence-corrected chi connectivity index (χ1v) is 14.4. The maximum absolute atomic E-state index is 14.8. The van der Waals surface area contributed by atoms with Crippen molar-refractivity contribution in [1.82, 2.24) is 0 Å². The van der Waals surface area contributed by atoms with Crippen molar-refractivity contribution >= 4 is 29.1 Å². The zero-order valence-corrected chi connectivity index (χ0v) is 23.5. The predicted octanol–water partition coefficient (Wildman–Crippen LogP) is 7.34. The van der Waals surface area contributed by atoms with Crippen LogP contribution in [-0.2, 0) is 6.42 Å². The van der Waals surface area contributed by atoms with Crippen LogP contribution in [0.1, 0.15) is 67.5 Å². The van der Waals surface area contributed by atoms with Gasteiger partial charge in [0.2, 0.25) is 0 Å². The second-order valence-electron chi connectivity index (χ2n) is 12.0. The van der Waals surface area contributed by atoms with Crippen molar-refractivity contribution in [1.29, 1.82) is 0 Å². The van der Waals surface area contributed by atoms with Crippen LogP contribution < -0.4 is 4.90 Å². The number of benzene rings is 4. The summed E-state index contributed by atoms with van der Waals surface area (Å²) in [5.41, 5.74) is 3.08. The Morgan fingerprint density at radius 3 is 2.10 bits per heavy atom. The van der Waals surface area contributed by atoms with E-state index in [4.69, 9.17) is 0 Å². The van der Waals surface area contributed by atoms with Gasteiger partial charge in [-0.3, -0.25) is 14.4 Å². The summed E-state index contributed by atoms with van der Waals surface area (Å²) in [4.78, 5) is 46.0. The largest absolute Gasteiger partial charge is 0.352 e. The third kappa shape index (κ3) is 3.69. The SMILES string of the molecule is CC(C)Cc1ccc(C(=O)[C@H]2[C@H](c3ccc(F)cc3)C3(C(=O)c4ccccc4C3=O)C3C=Cc4ccccc4N32)cc1. The summed E-state index contributed by atoms with van der Waals surface area (Å²) in [6.45, 7) is 4.30. The molecule has 3 atom stereocenters. The second kappa shape index (κ2) is 9.73. The fraction of sp³-hybridized carbons (Fsp3) is 0.216. The lowest BCUT2D eigenvalue weighted by atomic mass is 9.64. The minimum Gasteiger partial charge on any atom is -0.352 e. The van der Waals surface area contributed by atoms with Crippen molar-refractivity contribution in [2.24, 2.45) is 11.3 Å². The number of carbonyl (C=O) groups excluding carboxylic acids is 3. The summed E-state index contributed by atoms with van der Waals surface area (Å²) < 4.78 is 14.2. The number of hydrogen-bond donors (Lipinski definition) is 0. The van der Waals surface area contributed by atoms with Crippen LogP contribution in [0.5, 0.6) is 0 Å². The number of halogens is 1. The molecule has 0 radical (unpaired) electrons. The summed E-state index contributed by atoms with van der Waals surface area (Å²) in [6, 6.07) is 26.6. The van der Waals surface area contributed by atoms with Crippen molar-refractivity contribution < 1.29 is 18.8 Å². The fourth-order valence-electron chi connectivity index (χ4n) is 7.41. The fourth-order valence-corrected chi connectivity index (χ4v) is 7.41. The summed E-state index contributed by atoms with van der Waals surface area (Å²) in [6.07, 6.45) is 4.74. The van der Waals surface area contributed by atoms with Crippen LogP contribution in [0.2, 0.25) is 0 Å². The molecule has 4 aromatic rings. The van der Waals surface area contributed by atoms with Gasteiger partial charge in [-0.25, -0.2) is 4.39 Å². The second-order valence-corrected chi connectivity index (χ2v) is 12.0. The van der Waals surface area contributed by atoms with Crippen LogP contribution in [0.4, 0.5) is 10.1 Å². The van der Waals surface area contributed by atoms with Gasteiger partial charge < -0.3 is 4.90 Å². The van der Waals surface area contributed by atoms with Gasteiger partial charge in [0.25, 0.3) is 0 Å². The molecule has 1 fully saturated rings. The standard InChI is InChI=1S/C37H30FNO3/c1-22(2)21-23-11-13-26(14-12-23)34(40)33-32(25-15-18-27(38)19-16-25)37(35(41)28-8-4-5-9-29(28)36(37)42)31-20-17-24-7-3-6-10-30(24)39(31)33/h3-20,22,31-33H,21H2,1-2H3/t31?,32-,33+/m0/s1. The van der Waals surface area contributed by atoms with Crippen LogP contribution in [0.25, 0.3) is 6.08 Å². The first-order valence-electron chi connectivity index (χ1n) is 14.4. The Labute approximate surface area is 244 Å². The lowest BCUT2D eigenvalue weighted by Gasteiger charge is -2.37. The van der Waals surface area contributed by atoms with Gasteiger partial charge in [-0.05, 0) is 47.2 Å². The van der Waals surface area contributed by atoms with E-state index in [1.807, 2.05) is 65.6 Å². The van der Waals surface area contributed by atoms with Crippen LogP contribution in [0.3, 0.4) is 0 Å². The minimum atomic E-state index is -1.59. The van der Waals surface area contributed by atoms with E-state index in [0.717, 1.165) is 23.2 Å². The van der Waals surface area contributed by atoms with Gasteiger partial charge >= 0.3 is 0 Å². The van der Waals surface area contributed by atoms with Gasteiger partial charge in [0.15, 0.2) is 17.3 Å². The molecule has 1 saturated heterocycles. The summed E-state index contributed by atoms with van der Waals surface area (Å²) in [5.74, 6) is -1.57. The van der Waals surface area contributed by atoms with Gasteiger partial charge in [-0.15, -0.1) is 0 Å². The van der Waals surface area contributed by atoms with Crippen LogP contribution in [0.15, 0.2) is 103 Å². The molecule has 4 nitrogen and oxygen atoms in total. The Balaban J connectivity index is 1.48. The third-order valence-corrected chi connectivity index (χ3v) is 9.09. The van der Waals surface area contributed by atoms with E-state index in [1.165, 1.54) is 12.1 Å². The van der Waals surface area contributed by atoms with Gasteiger partial charge in [-0.1, -0.05) is 105 Å². The molecule has 2 aliphatic heterocycles. The van der Waals surface area contributed by atoms with Crippen molar-refractivity contribution in [3.05, 3.63) is 142 Å². The van der Waals surface area contributed by atoms with Crippen molar-refractivity contribution in [2.45, 2.75) is 38.3 Å². The number of anilines is 1. The van der Waals surface area contributed by atoms with Gasteiger partial charge in [0.05, 0.1) is 6.04 Å². The zero-order chi connectivity index (χ0) is 29.2. The molecule has 1 aliphatic carbocycles. The van der Waals surface area contributed by atoms with E-state index in [1.54, 1.807) is 36.4 Å². The Bertz CT molecular complexity index is 1730. The molecular weight excluding hydrogens is 525 g/mol. The van der Waals surface area contributed by atoms with E-state index in [0.29, 0.717) is 28.2 Å². The normalized spacial score (nSPS) is 21.5. The molecule has 0 amide bonds. The van der Waals surface area contributed by atoms with Crippen molar-refractivity contribution in [3.63, 3.8) is 0 Å². The quantitative estimate of drug-likeness (QED) is 0.191. The Kier molecular flexibility index (Phi) is 6.09. The van der Waals surface area contributed by atoms with E-state index < -0.39 is 29.2 Å². The molecule has 3 aliphatic rings. The monoisotopic (exact) mass is 555 g/mol. The number of carbonyl (C=O) groups is 3. The number of ketones is 3. The maximum atomic E-state index is 14.8. The Morgan fingerprint density at radius 1 is 0.833 bits per heavy atom. The first kappa shape index (κ1) is 26.3. The number of nitrogens with zero attached hydrogens (tertiary/aromatic N) is 1. The van der Waals surface area contributed by atoms with Crippen molar-refractivity contribution in [2.75, 3.05) is 4.90 Å². The van der Waals surface area contributed by atoms with E-state index in [9.17, 15) is 18.8 Å². The third-order valence-electron chi connectivity index (χ3n) is 9.09. The molecule has 7 rings (SSSR count). The summed E-state index contributed by atoms with van der Waals surface area (Å²) in [5, 5.41) is 0. The van der Waals surface area contributed by atoms with E-state index in [2.05, 4.69) is 13.8 Å². The summed E-state index contributed by atoms with van der Waals surface area (Å²) >= 11 is 0. The highest BCUT2D eigenvalue weighted by molar-refractivity contribution is 6.32. The molecule has 208 valence electrons. The molecule has 0 aromatic heterocycles. The summed E-state index contributed by atoms with van der Waals surface area (Å²) in [7, 11) is 0. The smallest absolute Gasteiger partial charge is 0.185 e. The highest BCUT2D eigenvalue weighted by Crippen LogP contribution is 2.60. The minimum absolute atomic E-state index is 0.177. The molecule has 4 aromatic carbocycles. The molecule has 1 spiro atoms. The lowest BCUT2D eigenvalue weighted by Crippen LogP contribution is -2.48. The van der Waals surface area contributed by atoms with E-state index in [-0.39, 0.29) is 17.3 Å². The van der Waals surface area contributed by atoms with Gasteiger partial charge in [0.1, 0.15) is 17.3 Å². The maximum Gasteiger partial charge on any atom is 0.185 e. The number of rotatable bonds is 5. The molecule has 1 unspecified atom stereocenters. The molecule has 0 N–H and O–H groups in total. The van der Waals surface area contributed by atoms with Crippen LogP contribution >= 0.6 is 0 Å². The zero-order valence-electron chi connectivity index (χ0n) is 23.5. The molecule has 42 heavy (non-hydrogen) atoms. The molecule has 0 bridgehead atoms. The molecule has 0 saturated carbocycles. The van der Waals surface area contributed by atoms with Gasteiger partial charge in [0, 0.05) is 28.3 Å². The van der Waals surface area contributed by atoms with Crippen LogP contribution in [-0.4, -0.2) is 29.4 Å². The average Bonchev–Trinajstić information content (AvgIpc) is 3.43. The Morgan fingerprint density at radius 2 is 1.45 bits per heavy atom. The number of para-hydroxylation sites is 1. The predicted molar refractivity (Wildman–Crippen MR) is 162 cm³/mol. The van der Waals surface area contributed by atoms with Crippen molar-refractivity contribution in [3.8, 4) is 0 Å². The number of fused-ring (bicyclic) bond motifs is 5. The topological polar surface area (TPSA) is 54.5 Å². The average molecular weight is 556 g/mol. The molecule has 5 heteroatoms. The first-order chi connectivity index (χ1) is 20.3. The molecular formula is C37H30FNO3. The number of hydrogen-bond acceptors (Lipinski definition) is 4. The highest BCUT2D eigenvalue weighted by atomic mass is 19.1. The van der Waals surface area contributed by atoms with Crippen LogP contribution in [0, 0.1) is 17.2 Å². The lowest BCUT2D eigenvalue weighted by molar-refractivity contribution is 0.0666. The number of Topliss-reactive ketones (excluding diaryl/α,β-unsaturated/α-hetero) is 3.